The van der Waals surface area contributed by atoms with Crippen LogP contribution in [0.25, 0.3) is 83.4 Å². The number of fused-ring (bicyclic) bond motifs is 12. The van der Waals surface area contributed by atoms with Crippen LogP contribution in [0.1, 0.15) is 49.9 Å². The van der Waals surface area contributed by atoms with Crippen LogP contribution in [0.3, 0.4) is 0 Å². The van der Waals surface area contributed by atoms with E-state index in [-0.39, 0.29) is 10.8 Å². The van der Waals surface area contributed by atoms with Crippen molar-refractivity contribution in [2.75, 3.05) is 9.80 Å². The van der Waals surface area contributed by atoms with Crippen molar-refractivity contribution in [2.24, 2.45) is 0 Å². The first-order chi connectivity index (χ1) is 32.3. The van der Waals surface area contributed by atoms with E-state index in [0.717, 1.165) is 0 Å². The monoisotopic (exact) mass is 878 g/mol. The molecule has 0 fully saturated rings. The molecule has 0 saturated carbocycles. The number of rotatable bonds is 2. The second kappa shape index (κ2) is 12.8. The first kappa shape index (κ1) is 37.0. The smallest absolute Gasteiger partial charge is 0.0540 e. The van der Waals surface area contributed by atoms with Crippen molar-refractivity contribution >= 4 is 140 Å². The molecule has 0 saturated heterocycles. The number of para-hydroxylation sites is 2. The molecule has 0 atom stereocenters. The number of benzene rings is 11. The Morgan fingerprint density at radius 3 is 1.12 bits per heavy atom. The third-order valence-corrected chi connectivity index (χ3v) is 17.8. The number of hydrogen-bond acceptors (Lipinski definition) is 4. The summed E-state index contributed by atoms with van der Waals surface area (Å²) in [4.78, 5) is 5.14. The van der Waals surface area contributed by atoms with Gasteiger partial charge in [-0.1, -0.05) is 149 Å². The van der Waals surface area contributed by atoms with E-state index in [9.17, 15) is 0 Å². The Kier molecular flexibility index (Phi) is 7.16. The van der Waals surface area contributed by atoms with Gasteiger partial charge in [0.15, 0.2) is 0 Å². The van der Waals surface area contributed by atoms with Gasteiger partial charge < -0.3 is 9.80 Å². The van der Waals surface area contributed by atoms with Crippen molar-refractivity contribution in [1.29, 1.82) is 0 Å². The van der Waals surface area contributed by atoms with Crippen molar-refractivity contribution in [2.45, 2.75) is 38.5 Å². The van der Waals surface area contributed by atoms with E-state index in [1.165, 1.54) is 140 Å². The van der Waals surface area contributed by atoms with Crippen molar-refractivity contribution in [1.82, 2.24) is 0 Å². The lowest BCUT2D eigenvalue weighted by Gasteiger charge is -2.42. The summed E-state index contributed by atoms with van der Waals surface area (Å²) in [6.45, 7) is 9.60. The molecule has 4 heteroatoms. The van der Waals surface area contributed by atoms with Crippen molar-refractivity contribution in [3.8, 4) is 0 Å². The molecule has 13 aromatic rings. The van der Waals surface area contributed by atoms with Gasteiger partial charge in [-0.2, -0.15) is 0 Å². The Labute approximate surface area is 390 Å². The average Bonchev–Trinajstić information content (AvgIpc) is 3.90. The zero-order valence-corrected chi connectivity index (χ0v) is 38.7. The van der Waals surface area contributed by atoms with Crippen molar-refractivity contribution < 1.29 is 0 Å². The number of hydrogen-bond donors (Lipinski definition) is 0. The maximum Gasteiger partial charge on any atom is 0.0540 e. The predicted octanol–water partition coefficient (Wildman–Crippen LogP) is 18.7. The summed E-state index contributed by atoms with van der Waals surface area (Å²) in [5.41, 5.74) is 12.5. The Morgan fingerprint density at radius 1 is 0.273 bits per heavy atom. The summed E-state index contributed by atoms with van der Waals surface area (Å²) in [6, 6.07) is 69.5. The highest BCUT2D eigenvalue weighted by Crippen LogP contribution is 2.58. The Morgan fingerprint density at radius 2 is 0.652 bits per heavy atom. The standard InChI is InChI=1S/C62H42N2S2/c1-61(2)45-21-7-9-23-51(45)63(53-33-57-43(31-47(53)61)35-15-5-11-25-55(35)65-57)49-29-27-39-40-28-30-50(42-20-14-18-38(60(40)42)37-17-13-19-41(49)59(37)39)64-52-24-10-8-22-46(52)62(3,4)48-32-44-36-16-6-12-26-56(36)66-58(44)34-54(48)64/h5-34H,1-4H3. The zero-order chi connectivity index (χ0) is 43.8. The summed E-state index contributed by atoms with van der Waals surface area (Å²) in [5, 5.41) is 15.7. The van der Waals surface area contributed by atoms with Gasteiger partial charge in [0.2, 0.25) is 0 Å². The molecule has 0 unspecified atom stereocenters. The van der Waals surface area contributed by atoms with Crippen LogP contribution in [0.4, 0.5) is 34.1 Å². The van der Waals surface area contributed by atoms with Gasteiger partial charge in [0, 0.05) is 61.9 Å². The fraction of sp³-hybridized carbons (Fsp3) is 0.0968. The molecule has 2 aromatic heterocycles. The first-order valence-corrected chi connectivity index (χ1v) is 24.7. The molecule has 66 heavy (non-hydrogen) atoms. The molecule has 2 aliphatic heterocycles. The number of anilines is 6. The van der Waals surface area contributed by atoms with Gasteiger partial charge in [0.1, 0.15) is 0 Å². The summed E-state index contributed by atoms with van der Waals surface area (Å²) in [6.07, 6.45) is 0. The maximum atomic E-state index is 2.57. The van der Waals surface area contributed by atoms with Gasteiger partial charge in [0.25, 0.3) is 0 Å². The third kappa shape index (κ3) is 4.65. The van der Waals surface area contributed by atoms with Crippen molar-refractivity contribution in [3.63, 3.8) is 0 Å². The average molecular weight is 879 g/mol. The zero-order valence-electron chi connectivity index (χ0n) is 37.0. The Hall–Kier alpha value is -7.24. The van der Waals surface area contributed by atoms with E-state index < -0.39 is 0 Å². The summed E-state index contributed by atoms with van der Waals surface area (Å²) in [7, 11) is 0. The number of thiophene rings is 2. The minimum Gasteiger partial charge on any atom is -0.309 e. The van der Waals surface area contributed by atoms with Gasteiger partial charge in [-0.05, 0) is 115 Å². The molecule has 312 valence electrons. The van der Waals surface area contributed by atoms with Crippen LogP contribution in [-0.4, -0.2) is 0 Å². The van der Waals surface area contributed by atoms with E-state index >= 15 is 0 Å². The van der Waals surface area contributed by atoms with E-state index in [4.69, 9.17) is 0 Å². The van der Waals surface area contributed by atoms with E-state index in [2.05, 4.69) is 219 Å². The number of nitrogens with zero attached hydrogens (tertiary/aromatic N) is 2. The molecule has 0 amide bonds. The molecule has 0 aliphatic carbocycles. The van der Waals surface area contributed by atoms with Crippen LogP contribution in [-0.2, 0) is 10.8 Å². The third-order valence-electron chi connectivity index (χ3n) is 15.6. The molecule has 2 nitrogen and oxygen atoms in total. The molecule has 4 heterocycles. The lowest BCUT2D eigenvalue weighted by Crippen LogP contribution is -2.30. The van der Waals surface area contributed by atoms with Crippen LogP contribution in [0.5, 0.6) is 0 Å². The Bertz CT molecular complexity index is 3970. The van der Waals surface area contributed by atoms with Crippen LogP contribution < -0.4 is 9.80 Å². The summed E-state index contributed by atoms with van der Waals surface area (Å²) in [5.74, 6) is 0. The fourth-order valence-electron chi connectivity index (χ4n) is 12.4. The van der Waals surface area contributed by atoms with Crippen LogP contribution >= 0.6 is 22.7 Å². The second-order valence-electron chi connectivity index (χ2n) is 19.6. The normalized spacial score (nSPS) is 15.2. The molecular weight excluding hydrogens is 837 g/mol. The highest BCUT2D eigenvalue weighted by Gasteiger charge is 2.40. The minimum absolute atomic E-state index is 0.187. The molecule has 0 N–H and O–H groups in total. The molecule has 0 radical (unpaired) electrons. The molecule has 0 bridgehead atoms. The van der Waals surface area contributed by atoms with Crippen LogP contribution in [0.2, 0.25) is 0 Å². The van der Waals surface area contributed by atoms with Crippen LogP contribution in [0, 0.1) is 0 Å². The highest BCUT2D eigenvalue weighted by molar-refractivity contribution is 7.26. The largest absolute Gasteiger partial charge is 0.309 e. The van der Waals surface area contributed by atoms with Gasteiger partial charge in [-0.3, -0.25) is 0 Å². The van der Waals surface area contributed by atoms with Gasteiger partial charge in [-0.15, -0.1) is 22.7 Å². The van der Waals surface area contributed by atoms with Crippen LogP contribution in [0.15, 0.2) is 182 Å². The quantitative estimate of drug-likeness (QED) is 0.126. The van der Waals surface area contributed by atoms with Gasteiger partial charge >= 0.3 is 0 Å². The summed E-state index contributed by atoms with van der Waals surface area (Å²) >= 11 is 3.80. The fourth-order valence-corrected chi connectivity index (χ4v) is 14.7. The molecule has 2 aliphatic rings. The summed E-state index contributed by atoms with van der Waals surface area (Å²) < 4.78 is 5.32. The second-order valence-corrected chi connectivity index (χ2v) is 21.8. The van der Waals surface area contributed by atoms with Gasteiger partial charge in [0.05, 0.1) is 34.1 Å². The van der Waals surface area contributed by atoms with E-state index in [0.29, 0.717) is 0 Å². The molecule has 0 spiro atoms. The topological polar surface area (TPSA) is 6.48 Å². The van der Waals surface area contributed by atoms with Crippen molar-refractivity contribution in [3.05, 3.63) is 204 Å². The molecule has 15 rings (SSSR count). The van der Waals surface area contributed by atoms with E-state index in [1.54, 1.807) is 0 Å². The lowest BCUT2D eigenvalue weighted by atomic mass is 9.73. The lowest BCUT2D eigenvalue weighted by molar-refractivity contribution is 0.633. The van der Waals surface area contributed by atoms with Gasteiger partial charge in [-0.25, -0.2) is 0 Å². The minimum atomic E-state index is -0.187. The SMILES string of the molecule is CC1(C)c2ccccc2N(c2ccc3c4ccc(N5c6ccccc6C(C)(C)c6cc7c(cc65)sc5ccccc57)c5cccc(c6cccc2c63)c54)c2cc3sc4ccccc4c3cc21. The maximum absolute atomic E-state index is 2.57. The highest BCUT2D eigenvalue weighted by atomic mass is 32.1. The Balaban J connectivity index is 0.982. The molecule has 11 aromatic carbocycles. The van der Waals surface area contributed by atoms with E-state index in [1.807, 2.05) is 22.7 Å². The predicted molar refractivity (Wildman–Crippen MR) is 287 cm³/mol. The molecular formula is C62H42N2S2. The first-order valence-electron chi connectivity index (χ1n) is 23.1.